The molecule has 18 heavy (non-hydrogen) atoms. The van der Waals surface area contributed by atoms with Crippen LogP contribution in [0, 0.1) is 11.8 Å². The second kappa shape index (κ2) is 7.10. The lowest BCUT2D eigenvalue weighted by atomic mass is 9.96. The van der Waals surface area contributed by atoms with Crippen molar-refractivity contribution in [1.29, 1.82) is 0 Å². The molecular formula is C14H27N3O. The lowest BCUT2D eigenvalue weighted by Crippen LogP contribution is -2.36. The molecule has 2 aliphatic heterocycles. The maximum Gasteiger partial charge on any atom is 0.220 e. The van der Waals surface area contributed by atoms with Gasteiger partial charge in [0.05, 0.1) is 0 Å². The molecule has 0 aromatic rings. The fourth-order valence-corrected chi connectivity index (χ4v) is 3.06. The number of nitrogens with one attached hydrogen (secondary N) is 2. The van der Waals surface area contributed by atoms with E-state index in [-0.39, 0.29) is 5.91 Å². The highest BCUT2D eigenvalue weighted by molar-refractivity contribution is 5.76. The minimum atomic E-state index is 0.249. The molecule has 2 N–H and O–H groups in total. The zero-order valence-corrected chi connectivity index (χ0v) is 11.6. The van der Waals surface area contributed by atoms with E-state index in [0.717, 1.165) is 32.7 Å². The lowest BCUT2D eigenvalue weighted by Gasteiger charge is -2.22. The van der Waals surface area contributed by atoms with Crippen molar-refractivity contribution >= 4 is 5.91 Å². The van der Waals surface area contributed by atoms with Crippen molar-refractivity contribution in [3.05, 3.63) is 0 Å². The summed E-state index contributed by atoms with van der Waals surface area (Å²) in [5, 5.41) is 6.49. The summed E-state index contributed by atoms with van der Waals surface area (Å²) in [5.74, 6) is 1.46. The van der Waals surface area contributed by atoms with E-state index >= 15 is 0 Å². The molecule has 4 heteroatoms. The molecule has 2 aliphatic rings. The van der Waals surface area contributed by atoms with Crippen LogP contribution < -0.4 is 10.6 Å². The number of hydrogen-bond donors (Lipinski definition) is 2. The van der Waals surface area contributed by atoms with Crippen molar-refractivity contribution in [3.8, 4) is 0 Å². The van der Waals surface area contributed by atoms with Crippen molar-refractivity contribution in [1.82, 2.24) is 15.5 Å². The first-order chi connectivity index (χ1) is 8.78. The molecule has 0 bridgehead atoms. The number of piperidine rings is 1. The maximum atomic E-state index is 11.9. The molecule has 0 aromatic heterocycles. The van der Waals surface area contributed by atoms with E-state index in [2.05, 4.69) is 22.5 Å². The Bertz CT molecular complexity index is 264. The molecule has 2 fully saturated rings. The molecule has 1 amide bonds. The third-order valence-corrected chi connectivity index (χ3v) is 4.28. The van der Waals surface area contributed by atoms with Crippen LogP contribution in [0.4, 0.5) is 0 Å². The topological polar surface area (TPSA) is 44.4 Å². The first-order valence-corrected chi connectivity index (χ1v) is 7.47. The van der Waals surface area contributed by atoms with Crippen LogP contribution in [0.15, 0.2) is 0 Å². The monoisotopic (exact) mass is 253 g/mol. The second-order valence-electron chi connectivity index (χ2n) is 5.77. The van der Waals surface area contributed by atoms with E-state index in [4.69, 9.17) is 0 Å². The van der Waals surface area contributed by atoms with Gasteiger partial charge in [0, 0.05) is 19.5 Å². The summed E-state index contributed by atoms with van der Waals surface area (Å²) < 4.78 is 0. The van der Waals surface area contributed by atoms with Crippen LogP contribution in [0.25, 0.3) is 0 Å². The van der Waals surface area contributed by atoms with Crippen molar-refractivity contribution in [2.45, 2.75) is 32.6 Å². The third-order valence-electron chi connectivity index (χ3n) is 4.28. The molecule has 0 saturated carbocycles. The second-order valence-corrected chi connectivity index (χ2v) is 5.77. The van der Waals surface area contributed by atoms with Gasteiger partial charge in [0.2, 0.25) is 5.91 Å². The zero-order chi connectivity index (χ0) is 12.8. The Labute approximate surface area is 110 Å². The SMILES string of the molecule is CCN1CCC(CNC(=O)CC2CCCNC2)C1. The highest BCUT2D eigenvalue weighted by atomic mass is 16.1. The van der Waals surface area contributed by atoms with Gasteiger partial charge >= 0.3 is 0 Å². The molecule has 0 spiro atoms. The van der Waals surface area contributed by atoms with Crippen LogP contribution in [0.1, 0.15) is 32.6 Å². The quantitative estimate of drug-likeness (QED) is 0.763. The largest absolute Gasteiger partial charge is 0.356 e. The summed E-state index contributed by atoms with van der Waals surface area (Å²) >= 11 is 0. The standard InChI is InChI=1S/C14H27N3O/c1-2-17-7-5-13(11-17)10-16-14(18)8-12-4-3-6-15-9-12/h12-13,15H,2-11H2,1H3,(H,16,18). The van der Waals surface area contributed by atoms with Gasteiger partial charge in [0.1, 0.15) is 0 Å². The molecule has 104 valence electrons. The van der Waals surface area contributed by atoms with Crippen LogP contribution in [0.2, 0.25) is 0 Å². The van der Waals surface area contributed by atoms with Crippen molar-refractivity contribution in [2.24, 2.45) is 11.8 Å². The third kappa shape index (κ3) is 4.25. The predicted molar refractivity (Wildman–Crippen MR) is 73.4 cm³/mol. The normalized spacial score (nSPS) is 29.4. The smallest absolute Gasteiger partial charge is 0.220 e. The van der Waals surface area contributed by atoms with Crippen molar-refractivity contribution in [3.63, 3.8) is 0 Å². The number of amides is 1. The summed E-state index contributed by atoms with van der Waals surface area (Å²) in [5.41, 5.74) is 0. The molecule has 0 aromatic carbocycles. The summed E-state index contributed by atoms with van der Waals surface area (Å²) in [7, 11) is 0. The maximum absolute atomic E-state index is 11.9. The number of carbonyl (C=O) groups is 1. The molecule has 0 radical (unpaired) electrons. The van der Waals surface area contributed by atoms with Crippen LogP contribution in [0.3, 0.4) is 0 Å². The molecule has 0 aliphatic carbocycles. The minimum absolute atomic E-state index is 0.249. The average molecular weight is 253 g/mol. The van der Waals surface area contributed by atoms with E-state index in [0.29, 0.717) is 18.3 Å². The molecule has 2 rings (SSSR count). The first kappa shape index (κ1) is 13.8. The number of likely N-dealkylation sites (tertiary alicyclic amines) is 1. The Kier molecular flexibility index (Phi) is 5.45. The van der Waals surface area contributed by atoms with E-state index in [1.807, 2.05) is 0 Å². The Hall–Kier alpha value is -0.610. The minimum Gasteiger partial charge on any atom is -0.356 e. The summed E-state index contributed by atoms with van der Waals surface area (Å²) in [6, 6.07) is 0. The van der Waals surface area contributed by atoms with Crippen molar-refractivity contribution < 1.29 is 4.79 Å². The summed E-state index contributed by atoms with van der Waals surface area (Å²) in [6.07, 6.45) is 4.36. The van der Waals surface area contributed by atoms with Crippen LogP contribution >= 0.6 is 0 Å². The van der Waals surface area contributed by atoms with Gasteiger partial charge in [-0.15, -0.1) is 0 Å². The predicted octanol–water partition coefficient (Wildman–Crippen LogP) is 0.834. The van der Waals surface area contributed by atoms with Crippen LogP contribution in [0.5, 0.6) is 0 Å². The van der Waals surface area contributed by atoms with Gasteiger partial charge in [-0.2, -0.15) is 0 Å². The molecule has 4 nitrogen and oxygen atoms in total. The molecule has 2 heterocycles. The lowest BCUT2D eigenvalue weighted by molar-refractivity contribution is -0.122. The Balaban J connectivity index is 1.59. The van der Waals surface area contributed by atoms with Crippen LogP contribution in [-0.4, -0.2) is 50.1 Å². The van der Waals surface area contributed by atoms with Gasteiger partial charge in [-0.1, -0.05) is 6.92 Å². The van der Waals surface area contributed by atoms with Gasteiger partial charge in [-0.25, -0.2) is 0 Å². The van der Waals surface area contributed by atoms with E-state index < -0.39 is 0 Å². The molecule has 2 atom stereocenters. The number of nitrogens with zero attached hydrogens (tertiary/aromatic N) is 1. The van der Waals surface area contributed by atoms with Gasteiger partial charge < -0.3 is 15.5 Å². The molecule has 2 saturated heterocycles. The number of carbonyl (C=O) groups excluding carboxylic acids is 1. The molecule has 2 unspecified atom stereocenters. The Morgan fingerprint density at radius 1 is 1.39 bits per heavy atom. The van der Waals surface area contributed by atoms with E-state index in [9.17, 15) is 4.79 Å². The summed E-state index contributed by atoms with van der Waals surface area (Å²) in [6.45, 7) is 8.70. The first-order valence-electron chi connectivity index (χ1n) is 7.47. The Morgan fingerprint density at radius 2 is 2.28 bits per heavy atom. The average Bonchev–Trinajstić information content (AvgIpc) is 2.85. The fourth-order valence-electron chi connectivity index (χ4n) is 3.06. The highest BCUT2D eigenvalue weighted by Crippen LogP contribution is 2.16. The highest BCUT2D eigenvalue weighted by Gasteiger charge is 2.22. The summed E-state index contributed by atoms with van der Waals surface area (Å²) in [4.78, 5) is 14.3. The van der Waals surface area contributed by atoms with Gasteiger partial charge in [0.15, 0.2) is 0 Å². The fraction of sp³-hybridized carbons (Fsp3) is 0.929. The molecular weight excluding hydrogens is 226 g/mol. The van der Waals surface area contributed by atoms with Crippen LogP contribution in [-0.2, 0) is 4.79 Å². The number of rotatable bonds is 5. The Morgan fingerprint density at radius 3 is 2.94 bits per heavy atom. The van der Waals surface area contributed by atoms with Crippen molar-refractivity contribution in [2.75, 3.05) is 39.3 Å². The zero-order valence-electron chi connectivity index (χ0n) is 11.6. The van der Waals surface area contributed by atoms with Gasteiger partial charge in [0.25, 0.3) is 0 Å². The van der Waals surface area contributed by atoms with E-state index in [1.54, 1.807) is 0 Å². The van der Waals surface area contributed by atoms with E-state index in [1.165, 1.54) is 25.8 Å². The van der Waals surface area contributed by atoms with Gasteiger partial charge in [-0.3, -0.25) is 4.79 Å². The number of hydrogen-bond acceptors (Lipinski definition) is 3. The van der Waals surface area contributed by atoms with Gasteiger partial charge in [-0.05, 0) is 57.3 Å².